The number of amides is 2. The molecule has 2 aliphatic heterocycles. The maximum absolute atomic E-state index is 12.7. The molecule has 2 amide bonds. The zero-order chi connectivity index (χ0) is 21.8. The quantitative estimate of drug-likeness (QED) is 0.611. The second-order valence-electron chi connectivity index (χ2n) is 7.15. The Balaban J connectivity index is 1.52. The van der Waals surface area contributed by atoms with Gasteiger partial charge in [0.2, 0.25) is 5.91 Å². The molecule has 162 valence electrons. The van der Waals surface area contributed by atoms with Crippen LogP contribution in [-0.2, 0) is 23.9 Å². The molecule has 0 radical (unpaired) electrons. The molecule has 2 heterocycles. The van der Waals surface area contributed by atoms with Crippen molar-refractivity contribution in [2.24, 2.45) is 0 Å². The molecule has 4 rings (SSSR count). The summed E-state index contributed by atoms with van der Waals surface area (Å²) >= 11 is 0. The minimum atomic E-state index is -1.14. The SMILES string of the molecule is O=C(O)CN1C(=O)[C@@H](NC(=O)COc2ccccc2)[C@H]1c1ccccc1C1OCCO1. The van der Waals surface area contributed by atoms with Crippen LogP contribution in [0.15, 0.2) is 54.6 Å². The van der Waals surface area contributed by atoms with E-state index in [2.05, 4.69) is 5.32 Å². The molecule has 2 atom stereocenters. The molecule has 0 bridgehead atoms. The lowest BCUT2D eigenvalue weighted by Crippen LogP contribution is -2.66. The third kappa shape index (κ3) is 4.52. The van der Waals surface area contributed by atoms with Crippen LogP contribution in [-0.4, -0.2) is 60.2 Å². The number of rotatable bonds is 8. The summed E-state index contributed by atoms with van der Waals surface area (Å²) in [7, 11) is 0. The average molecular weight is 426 g/mol. The molecule has 2 aromatic rings. The summed E-state index contributed by atoms with van der Waals surface area (Å²) in [4.78, 5) is 37.6. The standard InChI is InChI=1S/C22H22N2O7/c25-17(13-31-14-6-2-1-3-7-14)23-19-20(24(21(19)28)12-18(26)27)15-8-4-5-9-16(15)22-29-10-11-30-22/h1-9,19-20,22H,10-13H2,(H,23,25)(H,26,27)/t19-,20+/m0/s1. The fourth-order valence-corrected chi connectivity index (χ4v) is 3.77. The molecule has 9 heteroatoms. The Morgan fingerprint density at radius 3 is 2.35 bits per heavy atom. The van der Waals surface area contributed by atoms with Crippen LogP contribution in [0.3, 0.4) is 0 Å². The Kier molecular flexibility index (Phi) is 6.15. The largest absolute Gasteiger partial charge is 0.484 e. The summed E-state index contributed by atoms with van der Waals surface area (Å²) in [6.07, 6.45) is -0.601. The van der Waals surface area contributed by atoms with E-state index in [0.29, 0.717) is 30.1 Å². The number of carboxylic acid groups (broad SMARTS) is 1. The fourth-order valence-electron chi connectivity index (χ4n) is 3.77. The maximum Gasteiger partial charge on any atom is 0.323 e. The fraction of sp³-hybridized carbons (Fsp3) is 0.318. The van der Waals surface area contributed by atoms with Gasteiger partial charge in [0.25, 0.3) is 5.91 Å². The van der Waals surface area contributed by atoms with Crippen molar-refractivity contribution in [2.75, 3.05) is 26.4 Å². The molecule has 0 aromatic heterocycles. The number of nitrogens with one attached hydrogen (secondary N) is 1. The van der Waals surface area contributed by atoms with E-state index >= 15 is 0 Å². The van der Waals surface area contributed by atoms with Crippen molar-refractivity contribution < 1.29 is 33.7 Å². The van der Waals surface area contributed by atoms with E-state index in [9.17, 15) is 19.5 Å². The minimum Gasteiger partial charge on any atom is -0.484 e. The molecule has 2 fully saturated rings. The normalized spacial score (nSPS) is 20.9. The van der Waals surface area contributed by atoms with E-state index in [1.54, 1.807) is 36.4 Å². The summed E-state index contributed by atoms with van der Waals surface area (Å²) in [6, 6.07) is 14.5. The Bertz CT molecular complexity index is 959. The van der Waals surface area contributed by atoms with Crippen LogP contribution in [0.25, 0.3) is 0 Å². The van der Waals surface area contributed by atoms with Gasteiger partial charge in [0, 0.05) is 5.56 Å². The Labute approximate surface area is 178 Å². The Morgan fingerprint density at radius 2 is 1.68 bits per heavy atom. The third-order valence-corrected chi connectivity index (χ3v) is 5.13. The van der Waals surface area contributed by atoms with Crippen molar-refractivity contribution in [1.29, 1.82) is 0 Å². The first-order chi connectivity index (χ1) is 15.0. The monoisotopic (exact) mass is 426 g/mol. The number of benzene rings is 2. The van der Waals surface area contributed by atoms with E-state index < -0.39 is 42.7 Å². The van der Waals surface area contributed by atoms with Gasteiger partial charge in [-0.25, -0.2) is 0 Å². The molecule has 0 saturated carbocycles. The number of ether oxygens (including phenoxy) is 3. The highest BCUT2D eigenvalue weighted by atomic mass is 16.7. The van der Waals surface area contributed by atoms with E-state index in [1.807, 2.05) is 18.2 Å². The van der Waals surface area contributed by atoms with Crippen molar-refractivity contribution >= 4 is 17.8 Å². The molecular formula is C22H22N2O7. The molecular weight excluding hydrogens is 404 g/mol. The number of hydrogen-bond donors (Lipinski definition) is 2. The average Bonchev–Trinajstić information content (AvgIpc) is 3.32. The number of likely N-dealkylation sites (tertiary alicyclic amines) is 1. The third-order valence-electron chi connectivity index (χ3n) is 5.13. The van der Waals surface area contributed by atoms with Gasteiger partial charge in [-0.15, -0.1) is 0 Å². The first-order valence-electron chi connectivity index (χ1n) is 9.86. The highest BCUT2D eigenvalue weighted by molar-refractivity contribution is 5.96. The second-order valence-corrected chi connectivity index (χ2v) is 7.15. The number of carboxylic acids is 1. The van der Waals surface area contributed by atoms with Crippen LogP contribution in [0.5, 0.6) is 5.75 Å². The van der Waals surface area contributed by atoms with Crippen LogP contribution in [0.1, 0.15) is 23.5 Å². The van der Waals surface area contributed by atoms with E-state index in [4.69, 9.17) is 14.2 Å². The molecule has 9 nitrogen and oxygen atoms in total. The van der Waals surface area contributed by atoms with Crippen LogP contribution >= 0.6 is 0 Å². The number of hydrogen-bond acceptors (Lipinski definition) is 6. The molecule has 0 aliphatic carbocycles. The van der Waals surface area contributed by atoms with Crippen molar-refractivity contribution in [3.8, 4) is 5.75 Å². The lowest BCUT2D eigenvalue weighted by Gasteiger charge is -2.47. The van der Waals surface area contributed by atoms with E-state index in [0.717, 1.165) is 0 Å². The second kappa shape index (κ2) is 9.15. The van der Waals surface area contributed by atoms with Gasteiger partial charge in [-0.3, -0.25) is 14.4 Å². The van der Waals surface area contributed by atoms with Crippen LogP contribution in [0, 0.1) is 0 Å². The number of nitrogens with zero attached hydrogens (tertiary/aromatic N) is 1. The van der Waals surface area contributed by atoms with E-state index in [-0.39, 0.29) is 6.61 Å². The predicted molar refractivity (Wildman–Crippen MR) is 107 cm³/mol. The topological polar surface area (TPSA) is 114 Å². The first-order valence-corrected chi connectivity index (χ1v) is 9.86. The summed E-state index contributed by atoms with van der Waals surface area (Å²) in [6.45, 7) is 0.143. The van der Waals surface area contributed by atoms with Gasteiger partial charge in [-0.05, 0) is 17.7 Å². The number of β-lactam (4-membered cyclic amide) rings is 1. The highest BCUT2D eigenvalue weighted by Gasteiger charge is 2.50. The maximum atomic E-state index is 12.7. The van der Waals surface area contributed by atoms with Crippen LogP contribution < -0.4 is 10.1 Å². The van der Waals surface area contributed by atoms with Gasteiger partial charge < -0.3 is 29.5 Å². The Hall–Kier alpha value is -3.43. The van der Waals surface area contributed by atoms with Gasteiger partial charge in [-0.1, -0.05) is 42.5 Å². The van der Waals surface area contributed by atoms with E-state index in [1.165, 1.54) is 4.90 Å². The van der Waals surface area contributed by atoms with Crippen molar-refractivity contribution in [1.82, 2.24) is 10.2 Å². The highest BCUT2D eigenvalue weighted by Crippen LogP contribution is 2.39. The summed E-state index contributed by atoms with van der Waals surface area (Å²) in [5.41, 5.74) is 1.37. The number of para-hydroxylation sites is 1. The molecule has 2 aromatic carbocycles. The summed E-state index contributed by atoms with van der Waals surface area (Å²) in [5, 5.41) is 11.9. The first kappa shape index (κ1) is 20.8. The van der Waals surface area contributed by atoms with Crippen molar-refractivity contribution in [3.05, 3.63) is 65.7 Å². The van der Waals surface area contributed by atoms with Crippen molar-refractivity contribution in [3.63, 3.8) is 0 Å². The molecule has 0 spiro atoms. The van der Waals surface area contributed by atoms with Gasteiger partial charge in [0.15, 0.2) is 12.9 Å². The zero-order valence-corrected chi connectivity index (χ0v) is 16.6. The van der Waals surface area contributed by atoms with Crippen molar-refractivity contribution in [2.45, 2.75) is 18.4 Å². The van der Waals surface area contributed by atoms with Crippen LogP contribution in [0.2, 0.25) is 0 Å². The van der Waals surface area contributed by atoms with Gasteiger partial charge in [0.1, 0.15) is 18.3 Å². The smallest absolute Gasteiger partial charge is 0.323 e. The summed E-state index contributed by atoms with van der Waals surface area (Å²) < 4.78 is 16.6. The predicted octanol–water partition coefficient (Wildman–Crippen LogP) is 1.26. The molecule has 0 unspecified atom stereocenters. The lowest BCUT2D eigenvalue weighted by molar-refractivity contribution is -0.160. The summed E-state index contributed by atoms with van der Waals surface area (Å²) in [5.74, 6) is -1.56. The minimum absolute atomic E-state index is 0.268. The molecule has 31 heavy (non-hydrogen) atoms. The molecule has 2 N–H and O–H groups in total. The van der Waals surface area contributed by atoms with Crippen LogP contribution in [0.4, 0.5) is 0 Å². The number of carbonyl (C=O) groups excluding carboxylic acids is 2. The molecule has 2 aliphatic rings. The Morgan fingerprint density at radius 1 is 1.03 bits per heavy atom. The zero-order valence-electron chi connectivity index (χ0n) is 16.6. The van der Waals surface area contributed by atoms with Gasteiger partial charge in [0.05, 0.1) is 19.3 Å². The van der Waals surface area contributed by atoms with Gasteiger partial charge >= 0.3 is 5.97 Å². The lowest BCUT2D eigenvalue weighted by atomic mass is 9.85. The molecule has 2 saturated heterocycles. The number of aliphatic carboxylic acids is 1. The van der Waals surface area contributed by atoms with Gasteiger partial charge in [-0.2, -0.15) is 0 Å². The number of carbonyl (C=O) groups is 3.